The van der Waals surface area contributed by atoms with Crippen molar-refractivity contribution >= 4 is 39.1 Å². The second-order valence-corrected chi connectivity index (χ2v) is 10.0. The van der Waals surface area contributed by atoms with E-state index >= 15 is 0 Å². The Labute approximate surface area is 180 Å². The molecule has 1 aromatic heterocycles. The minimum absolute atomic E-state index is 0.216. The number of hydrogen-bond acceptors (Lipinski definition) is 5. The van der Waals surface area contributed by atoms with Gasteiger partial charge in [-0.05, 0) is 66.1 Å². The van der Waals surface area contributed by atoms with Gasteiger partial charge in [0.15, 0.2) is 0 Å². The highest BCUT2D eigenvalue weighted by atomic mass is 32.2. The molecule has 0 radical (unpaired) electrons. The lowest BCUT2D eigenvalue weighted by Gasteiger charge is -2.16. The van der Waals surface area contributed by atoms with Crippen LogP contribution in [-0.2, 0) is 22.2 Å². The summed E-state index contributed by atoms with van der Waals surface area (Å²) >= 11 is 1.71. The lowest BCUT2D eigenvalue weighted by molar-refractivity contribution is 0.102. The van der Waals surface area contributed by atoms with Crippen LogP contribution in [0.25, 0.3) is 0 Å². The molecule has 0 atom stereocenters. The van der Waals surface area contributed by atoms with E-state index in [-0.39, 0.29) is 5.91 Å². The van der Waals surface area contributed by atoms with Crippen LogP contribution in [-0.4, -0.2) is 32.1 Å². The Morgan fingerprint density at radius 1 is 1.17 bits per heavy atom. The molecule has 0 unspecified atom stereocenters. The first-order chi connectivity index (χ1) is 14.4. The molecule has 0 spiro atoms. The number of hydrogen-bond donors (Lipinski definition) is 1. The molecule has 1 aliphatic rings. The molecule has 30 heavy (non-hydrogen) atoms. The zero-order chi connectivity index (χ0) is 21.1. The van der Waals surface area contributed by atoms with Crippen LogP contribution in [0.4, 0.5) is 11.4 Å². The number of carbonyl (C=O) groups excluding carboxylic acids is 1. The maximum absolute atomic E-state index is 12.6. The third-order valence-electron chi connectivity index (χ3n) is 4.84. The predicted molar refractivity (Wildman–Crippen MR) is 121 cm³/mol. The molecule has 0 aliphatic carbocycles. The van der Waals surface area contributed by atoms with E-state index in [9.17, 15) is 13.2 Å². The zero-order valence-electron chi connectivity index (χ0n) is 16.4. The largest absolute Gasteiger partial charge is 0.322 e. The number of anilines is 2. The normalized spacial score (nSPS) is 13.2. The average Bonchev–Trinajstić information content (AvgIpc) is 3.18. The minimum Gasteiger partial charge on any atom is -0.322 e. The smallest absolute Gasteiger partial charge is 0.255 e. The number of thioether (sulfide) groups is 1. The third kappa shape index (κ3) is 4.66. The van der Waals surface area contributed by atoms with Gasteiger partial charge in [0, 0.05) is 40.8 Å². The van der Waals surface area contributed by atoms with Crippen molar-refractivity contribution in [3.05, 3.63) is 83.7 Å². The van der Waals surface area contributed by atoms with Crippen LogP contribution >= 0.6 is 11.8 Å². The molecule has 4 rings (SSSR count). The summed E-state index contributed by atoms with van der Waals surface area (Å²) in [4.78, 5) is 17.9. The Balaban J connectivity index is 1.39. The van der Waals surface area contributed by atoms with Gasteiger partial charge in [-0.15, -0.1) is 11.8 Å². The van der Waals surface area contributed by atoms with Gasteiger partial charge in [0.25, 0.3) is 5.91 Å². The summed E-state index contributed by atoms with van der Waals surface area (Å²) in [5, 5.41) is 2.90. The Morgan fingerprint density at radius 2 is 1.97 bits per heavy atom. The molecule has 6 nitrogen and oxygen atoms in total. The van der Waals surface area contributed by atoms with Gasteiger partial charge in [-0.25, -0.2) is 8.42 Å². The summed E-state index contributed by atoms with van der Waals surface area (Å²) < 4.78 is 25.1. The van der Waals surface area contributed by atoms with Crippen molar-refractivity contribution in [2.24, 2.45) is 0 Å². The van der Waals surface area contributed by atoms with Crippen molar-refractivity contribution in [1.82, 2.24) is 4.98 Å². The highest BCUT2D eigenvalue weighted by Gasteiger charge is 2.26. The third-order valence-corrected chi connectivity index (χ3v) is 7.10. The molecule has 154 valence electrons. The van der Waals surface area contributed by atoms with E-state index in [1.807, 2.05) is 42.6 Å². The Bertz CT molecular complexity index is 1160. The molecule has 1 amide bonds. The van der Waals surface area contributed by atoms with E-state index in [0.29, 0.717) is 29.9 Å². The van der Waals surface area contributed by atoms with E-state index in [4.69, 9.17) is 0 Å². The van der Waals surface area contributed by atoms with Gasteiger partial charge < -0.3 is 5.32 Å². The highest BCUT2D eigenvalue weighted by molar-refractivity contribution is 7.98. The maximum atomic E-state index is 12.6. The van der Waals surface area contributed by atoms with Gasteiger partial charge in [-0.3, -0.25) is 14.1 Å². The summed E-state index contributed by atoms with van der Waals surface area (Å²) in [5.74, 6) is 0.616. The van der Waals surface area contributed by atoms with Crippen LogP contribution in [0.5, 0.6) is 0 Å². The number of benzene rings is 2. The Kier molecular flexibility index (Phi) is 5.78. The molecule has 2 aromatic carbocycles. The first-order valence-corrected chi connectivity index (χ1v) is 12.3. The lowest BCUT2D eigenvalue weighted by Crippen LogP contribution is -2.27. The summed E-state index contributed by atoms with van der Waals surface area (Å²) in [5.41, 5.74) is 3.91. The van der Waals surface area contributed by atoms with Gasteiger partial charge in [0.1, 0.15) is 0 Å². The number of amides is 1. The van der Waals surface area contributed by atoms with Crippen molar-refractivity contribution in [2.45, 2.75) is 17.1 Å². The standard InChI is InChI=1S/C22H21N3O3S2/c1-30(27,28)25-12-10-17-13-18(4-9-21(17)25)22(26)24-19-5-7-20(8-6-19)29-15-16-3-2-11-23-14-16/h2-9,11,13-14H,10,12,15H2,1H3,(H,24,26). The molecule has 1 aliphatic heterocycles. The van der Waals surface area contributed by atoms with Crippen molar-refractivity contribution in [1.29, 1.82) is 0 Å². The molecule has 1 N–H and O–H groups in total. The van der Waals surface area contributed by atoms with E-state index in [1.165, 1.54) is 10.6 Å². The molecular weight excluding hydrogens is 418 g/mol. The van der Waals surface area contributed by atoms with E-state index in [1.54, 1.807) is 36.2 Å². The van der Waals surface area contributed by atoms with Crippen molar-refractivity contribution in [3.8, 4) is 0 Å². The molecule has 0 fully saturated rings. The second kappa shape index (κ2) is 8.49. The number of carbonyl (C=O) groups is 1. The molecule has 8 heteroatoms. The quantitative estimate of drug-likeness (QED) is 0.589. The summed E-state index contributed by atoms with van der Waals surface area (Å²) in [7, 11) is -3.30. The SMILES string of the molecule is CS(=O)(=O)N1CCc2cc(C(=O)Nc3ccc(SCc4cccnc4)cc3)ccc21. The molecule has 3 aromatic rings. The van der Waals surface area contributed by atoms with E-state index in [2.05, 4.69) is 10.3 Å². The fourth-order valence-electron chi connectivity index (χ4n) is 3.35. The fourth-order valence-corrected chi connectivity index (χ4v) is 5.14. The van der Waals surface area contributed by atoms with Gasteiger partial charge in [0.05, 0.1) is 11.9 Å². The summed E-state index contributed by atoms with van der Waals surface area (Å²) in [6, 6.07) is 16.8. The Hall–Kier alpha value is -2.84. The molecule has 0 saturated heterocycles. The van der Waals surface area contributed by atoms with Gasteiger partial charge >= 0.3 is 0 Å². The van der Waals surface area contributed by atoms with Crippen LogP contribution in [0.3, 0.4) is 0 Å². The monoisotopic (exact) mass is 439 g/mol. The molecule has 0 saturated carbocycles. The fraction of sp³-hybridized carbons (Fsp3) is 0.182. The van der Waals surface area contributed by atoms with Crippen LogP contribution in [0.2, 0.25) is 0 Å². The van der Waals surface area contributed by atoms with E-state index in [0.717, 1.165) is 21.8 Å². The van der Waals surface area contributed by atoms with Crippen LogP contribution < -0.4 is 9.62 Å². The van der Waals surface area contributed by atoms with Crippen LogP contribution in [0.15, 0.2) is 71.9 Å². The topological polar surface area (TPSA) is 79.4 Å². The van der Waals surface area contributed by atoms with Crippen molar-refractivity contribution in [2.75, 3.05) is 22.4 Å². The number of nitrogens with zero attached hydrogens (tertiary/aromatic N) is 2. The van der Waals surface area contributed by atoms with Gasteiger partial charge in [-0.2, -0.15) is 0 Å². The highest BCUT2D eigenvalue weighted by Crippen LogP contribution is 2.31. The van der Waals surface area contributed by atoms with Gasteiger partial charge in [0.2, 0.25) is 10.0 Å². The molecule has 0 bridgehead atoms. The first-order valence-electron chi connectivity index (χ1n) is 9.44. The number of sulfonamides is 1. The summed E-state index contributed by atoms with van der Waals surface area (Å²) in [6.45, 7) is 0.414. The number of pyridine rings is 1. The van der Waals surface area contributed by atoms with Crippen molar-refractivity contribution in [3.63, 3.8) is 0 Å². The second-order valence-electron chi connectivity index (χ2n) is 7.06. The average molecular weight is 440 g/mol. The molecule has 2 heterocycles. The minimum atomic E-state index is -3.30. The number of aromatic nitrogens is 1. The first kappa shape index (κ1) is 20.4. The van der Waals surface area contributed by atoms with Crippen molar-refractivity contribution < 1.29 is 13.2 Å². The number of rotatable bonds is 6. The molecular formula is C22H21N3O3S2. The number of nitrogens with one attached hydrogen (secondary N) is 1. The lowest BCUT2D eigenvalue weighted by atomic mass is 10.1. The van der Waals surface area contributed by atoms with E-state index < -0.39 is 10.0 Å². The maximum Gasteiger partial charge on any atom is 0.255 e. The predicted octanol–water partition coefficient (Wildman–Crippen LogP) is 3.95. The number of fused-ring (bicyclic) bond motifs is 1. The van der Waals surface area contributed by atoms with Crippen LogP contribution in [0.1, 0.15) is 21.5 Å². The van der Waals surface area contributed by atoms with Crippen LogP contribution in [0, 0.1) is 0 Å². The summed E-state index contributed by atoms with van der Waals surface area (Å²) in [6.07, 6.45) is 5.41. The zero-order valence-corrected chi connectivity index (χ0v) is 18.0. The van der Waals surface area contributed by atoms with Gasteiger partial charge in [-0.1, -0.05) is 6.07 Å². The Morgan fingerprint density at radius 3 is 2.67 bits per heavy atom.